The fraction of sp³-hybridized carbons (Fsp3) is 0.286. The molecule has 1 heterocycles. The molecule has 0 aliphatic heterocycles. The molecule has 1 aromatic heterocycles. The number of nitrogens with zero attached hydrogens (tertiary/aromatic N) is 3. The van der Waals surface area contributed by atoms with Crippen molar-refractivity contribution in [1.29, 1.82) is 5.26 Å². The van der Waals surface area contributed by atoms with Crippen molar-refractivity contribution in [2.24, 2.45) is 0 Å². The van der Waals surface area contributed by atoms with Crippen molar-refractivity contribution in [3.05, 3.63) is 40.7 Å². The zero-order chi connectivity index (χ0) is 13.8. The van der Waals surface area contributed by atoms with E-state index in [1.807, 2.05) is 31.2 Å². The van der Waals surface area contributed by atoms with E-state index in [4.69, 9.17) is 16.3 Å². The van der Waals surface area contributed by atoms with Crippen LogP contribution in [0, 0.1) is 11.3 Å². The van der Waals surface area contributed by atoms with Gasteiger partial charge >= 0.3 is 0 Å². The van der Waals surface area contributed by atoms with E-state index in [9.17, 15) is 5.26 Å². The highest BCUT2D eigenvalue weighted by molar-refractivity contribution is 6.31. The molecule has 19 heavy (non-hydrogen) atoms. The standard InChI is InChI=1S/C14H14ClN3O/c1-3-6-11-10(9-16)14(15)18(17-11)12-7-4-5-8-13(12)19-2/h4-5,7-8H,3,6H2,1-2H3. The summed E-state index contributed by atoms with van der Waals surface area (Å²) in [6.07, 6.45) is 1.64. The van der Waals surface area contributed by atoms with E-state index in [1.165, 1.54) is 0 Å². The van der Waals surface area contributed by atoms with Crippen molar-refractivity contribution in [2.45, 2.75) is 19.8 Å². The van der Waals surface area contributed by atoms with Crippen LogP contribution >= 0.6 is 11.6 Å². The number of aryl methyl sites for hydroxylation is 1. The topological polar surface area (TPSA) is 50.8 Å². The average Bonchev–Trinajstić information content (AvgIpc) is 2.75. The van der Waals surface area contributed by atoms with E-state index in [2.05, 4.69) is 11.2 Å². The van der Waals surface area contributed by atoms with Crippen LogP contribution in [-0.2, 0) is 6.42 Å². The summed E-state index contributed by atoms with van der Waals surface area (Å²) < 4.78 is 6.85. The first-order valence-electron chi connectivity index (χ1n) is 6.03. The molecule has 98 valence electrons. The Labute approximate surface area is 117 Å². The normalized spacial score (nSPS) is 10.2. The van der Waals surface area contributed by atoms with Crippen molar-refractivity contribution in [3.8, 4) is 17.5 Å². The van der Waals surface area contributed by atoms with Gasteiger partial charge in [-0.3, -0.25) is 0 Å². The molecule has 5 heteroatoms. The molecule has 0 amide bonds. The molecule has 0 N–H and O–H groups in total. The number of halogens is 1. The molecular weight excluding hydrogens is 262 g/mol. The van der Waals surface area contributed by atoms with Gasteiger partial charge in [-0.2, -0.15) is 10.4 Å². The molecule has 0 saturated heterocycles. The predicted octanol–water partition coefficient (Wildman–Crippen LogP) is 3.36. The van der Waals surface area contributed by atoms with Crippen molar-refractivity contribution in [1.82, 2.24) is 9.78 Å². The number of hydrogen-bond donors (Lipinski definition) is 0. The van der Waals surface area contributed by atoms with Crippen molar-refractivity contribution in [3.63, 3.8) is 0 Å². The number of para-hydroxylation sites is 2. The molecule has 0 unspecified atom stereocenters. The maximum atomic E-state index is 9.19. The number of methoxy groups -OCH3 is 1. The Morgan fingerprint density at radius 1 is 1.42 bits per heavy atom. The van der Waals surface area contributed by atoms with E-state index in [1.54, 1.807) is 11.8 Å². The minimum atomic E-state index is 0.329. The molecule has 0 bridgehead atoms. The van der Waals surface area contributed by atoms with Crippen LogP contribution in [-0.4, -0.2) is 16.9 Å². The van der Waals surface area contributed by atoms with Gasteiger partial charge in [0.15, 0.2) is 5.15 Å². The molecular formula is C14H14ClN3O. The molecule has 0 aliphatic rings. The lowest BCUT2D eigenvalue weighted by Crippen LogP contribution is -2.00. The quantitative estimate of drug-likeness (QED) is 0.860. The molecule has 1 aromatic carbocycles. The van der Waals surface area contributed by atoms with Gasteiger partial charge in [-0.1, -0.05) is 37.1 Å². The number of nitriles is 1. The van der Waals surface area contributed by atoms with Gasteiger partial charge in [0.25, 0.3) is 0 Å². The summed E-state index contributed by atoms with van der Waals surface area (Å²) in [4.78, 5) is 0. The van der Waals surface area contributed by atoms with E-state index in [-0.39, 0.29) is 0 Å². The Morgan fingerprint density at radius 3 is 2.79 bits per heavy atom. The van der Waals surface area contributed by atoms with Crippen LogP contribution in [0.25, 0.3) is 5.69 Å². The number of hydrogen-bond acceptors (Lipinski definition) is 3. The number of ether oxygens (including phenoxy) is 1. The highest BCUT2D eigenvalue weighted by Gasteiger charge is 2.18. The molecule has 2 rings (SSSR count). The third kappa shape index (κ3) is 2.42. The Kier molecular flexibility index (Phi) is 4.08. The molecule has 0 aliphatic carbocycles. The predicted molar refractivity (Wildman–Crippen MR) is 73.8 cm³/mol. The maximum Gasteiger partial charge on any atom is 0.151 e. The second-order valence-electron chi connectivity index (χ2n) is 4.06. The van der Waals surface area contributed by atoms with Crippen LogP contribution in [0.4, 0.5) is 0 Å². The van der Waals surface area contributed by atoms with Gasteiger partial charge < -0.3 is 4.74 Å². The monoisotopic (exact) mass is 275 g/mol. The Balaban J connectivity index is 2.60. The van der Waals surface area contributed by atoms with E-state index in [0.717, 1.165) is 24.2 Å². The van der Waals surface area contributed by atoms with Crippen LogP contribution in [0.3, 0.4) is 0 Å². The molecule has 4 nitrogen and oxygen atoms in total. The van der Waals surface area contributed by atoms with Gasteiger partial charge in [0, 0.05) is 0 Å². The lowest BCUT2D eigenvalue weighted by Gasteiger charge is -2.08. The number of rotatable bonds is 4. The van der Waals surface area contributed by atoms with Crippen molar-refractivity contribution in [2.75, 3.05) is 7.11 Å². The van der Waals surface area contributed by atoms with Crippen LogP contribution < -0.4 is 4.74 Å². The maximum absolute atomic E-state index is 9.19. The summed E-state index contributed by atoms with van der Waals surface area (Å²) in [5.74, 6) is 0.666. The molecule has 0 spiro atoms. The summed E-state index contributed by atoms with van der Waals surface area (Å²) in [6.45, 7) is 2.04. The molecule has 0 fully saturated rings. The average molecular weight is 276 g/mol. The van der Waals surface area contributed by atoms with Gasteiger partial charge in [0.05, 0.1) is 12.8 Å². The van der Waals surface area contributed by atoms with Crippen LogP contribution in [0.1, 0.15) is 24.6 Å². The Bertz CT molecular complexity index is 628. The van der Waals surface area contributed by atoms with Crippen molar-refractivity contribution < 1.29 is 4.74 Å². The number of aromatic nitrogens is 2. The van der Waals surface area contributed by atoms with Gasteiger partial charge in [-0.15, -0.1) is 0 Å². The first-order valence-corrected chi connectivity index (χ1v) is 6.41. The van der Waals surface area contributed by atoms with E-state index < -0.39 is 0 Å². The molecule has 0 radical (unpaired) electrons. The summed E-state index contributed by atoms with van der Waals surface area (Å²) in [5.41, 5.74) is 1.89. The lowest BCUT2D eigenvalue weighted by atomic mass is 10.2. The van der Waals surface area contributed by atoms with Gasteiger partial charge in [-0.25, -0.2) is 4.68 Å². The highest BCUT2D eigenvalue weighted by atomic mass is 35.5. The first-order chi connectivity index (χ1) is 9.22. The van der Waals surface area contributed by atoms with Gasteiger partial charge in [-0.05, 0) is 18.6 Å². The first kappa shape index (κ1) is 13.4. The van der Waals surface area contributed by atoms with Crippen molar-refractivity contribution >= 4 is 11.6 Å². The lowest BCUT2D eigenvalue weighted by molar-refractivity contribution is 0.411. The van der Waals surface area contributed by atoms with Crippen LogP contribution in [0.15, 0.2) is 24.3 Å². The minimum absolute atomic E-state index is 0.329. The van der Waals surface area contributed by atoms with Gasteiger partial charge in [0.2, 0.25) is 0 Å². The largest absolute Gasteiger partial charge is 0.494 e. The summed E-state index contributed by atoms with van der Waals surface area (Å²) in [7, 11) is 1.59. The fourth-order valence-electron chi connectivity index (χ4n) is 1.93. The number of benzene rings is 1. The highest BCUT2D eigenvalue weighted by Crippen LogP contribution is 2.28. The second kappa shape index (κ2) is 5.77. The molecule has 0 saturated carbocycles. The smallest absolute Gasteiger partial charge is 0.151 e. The summed E-state index contributed by atoms with van der Waals surface area (Å²) in [6, 6.07) is 9.56. The van der Waals surface area contributed by atoms with E-state index in [0.29, 0.717) is 16.5 Å². The summed E-state index contributed by atoms with van der Waals surface area (Å²) >= 11 is 6.25. The van der Waals surface area contributed by atoms with E-state index >= 15 is 0 Å². The fourth-order valence-corrected chi connectivity index (χ4v) is 2.21. The Hall–Kier alpha value is -1.99. The molecule has 0 atom stereocenters. The third-order valence-corrected chi connectivity index (χ3v) is 3.16. The van der Waals surface area contributed by atoms with Crippen LogP contribution in [0.5, 0.6) is 5.75 Å². The molecule has 2 aromatic rings. The zero-order valence-electron chi connectivity index (χ0n) is 10.9. The Morgan fingerprint density at radius 2 is 2.16 bits per heavy atom. The van der Waals surface area contributed by atoms with Crippen LogP contribution in [0.2, 0.25) is 5.15 Å². The zero-order valence-corrected chi connectivity index (χ0v) is 11.6. The minimum Gasteiger partial charge on any atom is -0.494 e. The third-order valence-electron chi connectivity index (χ3n) is 2.81. The summed E-state index contributed by atoms with van der Waals surface area (Å²) in [5, 5.41) is 14.0. The van der Waals surface area contributed by atoms with Gasteiger partial charge in [0.1, 0.15) is 23.1 Å². The SMILES string of the molecule is CCCc1nn(-c2ccccc2OC)c(Cl)c1C#N. The second-order valence-corrected chi connectivity index (χ2v) is 4.42.